The second-order valence-electron chi connectivity index (χ2n) is 6.54. The Labute approximate surface area is 122 Å². The smallest absolute Gasteiger partial charge is 0.123 e. The van der Waals surface area contributed by atoms with E-state index in [0.717, 1.165) is 36.6 Å². The second kappa shape index (κ2) is 6.17. The molecule has 4 unspecified atom stereocenters. The molecule has 1 saturated carbocycles. The molecular weight excluding hydrogens is 246 g/mol. The van der Waals surface area contributed by atoms with Gasteiger partial charge in [-0.1, -0.05) is 32.0 Å². The van der Waals surface area contributed by atoms with Gasteiger partial charge in [0.1, 0.15) is 11.9 Å². The van der Waals surface area contributed by atoms with Crippen LogP contribution in [0.5, 0.6) is 5.75 Å². The summed E-state index contributed by atoms with van der Waals surface area (Å²) in [7, 11) is 0. The summed E-state index contributed by atoms with van der Waals surface area (Å²) in [6.07, 6.45) is 6.66. The molecular formula is C18H27NO. The minimum absolute atomic E-state index is 0.407. The summed E-state index contributed by atoms with van der Waals surface area (Å²) >= 11 is 0. The van der Waals surface area contributed by atoms with Gasteiger partial charge in [0.25, 0.3) is 0 Å². The van der Waals surface area contributed by atoms with E-state index in [-0.39, 0.29) is 0 Å². The molecule has 1 fully saturated rings. The van der Waals surface area contributed by atoms with Gasteiger partial charge in [-0.3, -0.25) is 0 Å². The van der Waals surface area contributed by atoms with Crippen molar-refractivity contribution in [1.82, 2.24) is 5.32 Å². The fraction of sp³-hybridized carbons (Fsp3) is 0.667. The number of para-hydroxylation sites is 1. The van der Waals surface area contributed by atoms with Crippen molar-refractivity contribution in [3.05, 3.63) is 29.8 Å². The molecule has 1 aromatic carbocycles. The van der Waals surface area contributed by atoms with Gasteiger partial charge in [0.05, 0.1) is 0 Å². The Morgan fingerprint density at radius 1 is 1.25 bits per heavy atom. The van der Waals surface area contributed by atoms with Crippen LogP contribution in [-0.4, -0.2) is 18.7 Å². The lowest BCUT2D eigenvalue weighted by Gasteiger charge is -2.23. The maximum atomic E-state index is 6.11. The highest BCUT2D eigenvalue weighted by atomic mass is 16.5. The van der Waals surface area contributed by atoms with Crippen molar-refractivity contribution in [2.24, 2.45) is 11.8 Å². The largest absolute Gasteiger partial charge is 0.490 e. The van der Waals surface area contributed by atoms with Crippen LogP contribution in [-0.2, 0) is 6.42 Å². The molecule has 110 valence electrons. The van der Waals surface area contributed by atoms with Crippen molar-refractivity contribution in [2.75, 3.05) is 6.54 Å². The van der Waals surface area contributed by atoms with Crippen LogP contribution in [0.3, 0.4) is 0 Å². The van der Waals surface area contributed by atoms with Crippen LogP contribution in [0, 0.1) is 11.8 Å². The Balaban J connectivity index is 1.53. The molecule has 0 radical (unpaired) electrons. The fourth-order valence-corrected chi connectivity index (χ4v) is 3.92. The Kier molecular flexibility index (Phi) is 4.30. The first kappa shape index (κ1) is 13.9. The predicted molar refractivity (Wildman–Crippen MR) is 83.1 cm³/mol. The van der Waals surface area contributed by atoms with Gasteiger partial charge in [-0.05, 0) is 55.7 Å². The quantitative estimate of drug-likeness (QED) is 0.881. The van der Waals surface area contributed by atoms with E-state index in [2.05, 4.69) is 43.4 Å². The molecule has 0 amide bonds. The molecule has 1 aliphatic heterocycles. The first-order valence-electron chi connectivity index (χ1n) is 8.26. The van der Waals surface area contributed by atoms with Crippen LogP contribution in [0.4, 0.5) is 0 Å². The van der Waals surface area contributed by atoms with E-state index >= 15 is 0 Å². The number of benzene rings is 1. The monoisotopic (exact) mass is 273 g/mol. The molecule has 1 N–H and O–H groups in total. The highest BCUT2D eigenvalue weighted by Crippen LogP contribution is 2.38. The van der Waals surface area contributed by atoms with Gasteiger partial charge in [-0.2, -0.15) is 0 Å². The van der Waals surface area contributed by atoms with Crippen molar-refractivity contribution in [2.45, 2.75) is 58.1 Å². The van der Waals surface area contributed by atoms with Gasteiger partial charge in [0.2, 0.25) is 0 Å². The third kappa shape index (κ3) is 2.85. The maximum absolute atomic E-state index is 6.11. The first-order valence-corrected chi connectivity index (χ1v) is 8.26. The zero-order valence-corrected chi connectivity index (χ0v) is 12.8. The number of fused-ring (bicyclic) bond motifs is 1. The lowest BCUT2D eigenvalue weighted by molar-refractivity contribution is 0.177. The molecule has 3 rings (SSSR count). The molecule has 0 bridgehead atoms. The Morgan fingerprint density at radius 3 is 2.90 bits per heavy atom. The summed E-state index contributed by atoms with van der Waals surface area (Å²) in [4.78, 5) is 0. The SMILES string of the molecule is CCCNC1CCC(CC2Cc3ccccc3O2)C1C. The Morgan fingerprint density at radius 2 is 2.10 bits per heavy atom. The van der Waals surface area contributed by atoms with Gasteiger partial charge in [0.15, 0.2) is 0 Å². The number of ether oxygens (including phenoxy) is 1. The summed E-state index contributed by atoms with van der Waals surface area (Å²) in [6, 6.07) is 9.24. The van der Waals surface area contributed by atoms with E-state index in [9.17, 15) is 0 Å². The third-order valence-corrected chi connectivity index (χ3v) is 5.16. The van der Waals surface area contributed by atoms with E-state index in [0.29, 0.717) is 6.10 Å². The minimum atomic E-state index is 0.407. The van der Waals surface area contributed by atoms with Crippen molar-refractivity contribution >= 4 is 0 Å². The summed E-state index contributed by atoms with van der Waals surface area (Å²) in [5.74, 6) is 2.72. The lowest BCUT2D eigenvalue weighted by atomic mass is 9.89. The minimum Gasteiger partial charge on any atom is -0.490 e. The van der Waals surface area contributed by atoms with Crippen LogP contribution < -0.4 is 10.1 Å². The summed E-state index contributed by atoms with van der Waals surface area (Å²) < 4.78 is 6.11. The number of hydrogen-bond acceptors (Lipinski definition) is 2. The predicted octanol–water partition coefficient (Wildman–Crippen LogP) is 3.79. The maximum Gasteiger partial charge on any atom is 0.123 e. The number of rotatable bonds is 5. The van der Waals surface area contributed by atoms with Gasteiger partial charge in [-0.15, -0.1) is 0 Å². The molecule has 2 aliphatic rings. The van der Waals surface area contributed by atoms with Crippen LogP contribution >= 0.6 is 0 Å². The molecule has 1 aromatic rings. The van der Waals surface area contributed by atoms with Crippen molar-refractivity contribution in [1.29, 1.82) is 0 Å². The molecule has 0 aromatic heterocycles. The molecule has 0 saturated heterocycles. The van der Waals surface area contributed by atoms with Gasteiger partial charge in [0, 0.05) is 12.5 Å². The molecule has 1 heterocycles. The van der Waals surface area contributed by atoms with Crippen LogP contribution in [0.15, 0.2) is 24.3 Å². The summed E-state index contributed by atoms with van der Waals surface area (Å²) in [6.45, 7) is 5.83. The average molecular weight is 273 g/mol. The summed E-state index contributed by atoms with van der Waals surface area (Å²) in [5, 5.41) is 3.71. The highest BCUT2D eigenvalue weighted by Gasteiger charge is 2.35. The normalized spacial score (nSPS) is 32.1. The fourth-order valence-electron chi connectivity index (χ4n) is 3.92. The van der Waals surface area contributed by atoms with Crippen molar-refractivity contribution in [3.63, 3.8) is 0 Å². The average Bonchev–Trinajstić information content (AvgIpc) is 3.01. The van der Waals surface area contributed by atoms with E-state index in [1.807, 2.05) is 0 Å². The molecule has 2 nitrogen and oxygen atoms in total. The van der Waals surface area contributed by atoms with Gasteiger partial charge < -0.3 is 10.1 Å². The Bertz CT molecular complexity index is 420. The number of nitrogens with one attached hydrogen (secondary N) is 1. The summed E-state index contributed by atoms with van der Waals surface area (Å²) in [5.41, 5.74) is 1.39. The van der Waals surface area contributed by atoms with E-state index < -0.39 is 0 Å². The Hall–Kier alpha value is -1.02. The molecule has 2 heteroatoms. The van der Waals surface area contributed by atoms with Gasteiger partial charge >= 0.3 is 0 Å². The highest BCUT2D eigenvalue weighted by molar-refractivity contribution is 5.37. The van der Waals surface area contributed by atoms with Crippen molar-refractivity contribution in [3.8, 4) is 5.75 Å². The molecule has 20 heavy (non-hydrogen) atoms. The second-order valence-corrected chi connectivity index (χ2v) is 6.54. The van der Waals surface area contributed by atoms with Crippen LogP contribution in [0.25, 0.3) is 0 Å². The van der Waals surface area contributed by atoms with Crippen molar-refractivity contribution < 1.29 is 4.74 Å². The zero-order valence-electron chi connectivity index (χ0n) is 12.8. The van der Waals surface area contributed by atoms with E-state index in [1.165, 1.54) is 31.2 Å². The molecule has 4 atom stereocenters. The number of hydrogen-bond donors (Lipinski definition) is 1. The molecule has 0 spiro atoms. The zero-order chi connectivity index (χ0) is 13.9. The first-order chi connectivity index (χ1) is 9.78. The van der Waals surface area contributed by atoms with E-state index in [4.69, 9.17) is 4.74 Å². The van der Waals surface area contributed by atoms with Crippen LogP contribution in [0.2, 0.25) is 0 Å². The third-order valence-electron chi connectivity index (χ3n) is 5.16. The standard InChI is InChI=1S/C18H27NO/c1-3-10-19-17-9-8-14(13(17)2)11-16-12-15-6-4-5-7-18(15)20-16/h4-7,13-14,16-17,19H,3,8-12H2,1-2H3. The van der Waals surface area contributed by atoms with Gasteiger partial charge in [-0.25, -0.2) is 0 Å². The molecule has 1 aliphatic carbocycles. The van der Waals surface area contributed by atoms with Crippen LogP contribution in [0.1, 0.15) is 45.1 Å². The van der Waals surface area contributed by atoms with E-state index in [1.54, 1.807) is 0 Å². The lowest BCUT2D eigenvalue weighted by Crippen LogP contribution is -2.34. The topological polar surface area (TPSA) is 21.3 Å².